The van der Waals surface area contributed by atoms with Crippen molar-refractivity contribution in [3.05, 3.63) is 54.4 Å². The molecule has 3 rings (SSSR count). The Morgan fingerprint density at radius 1 is 1.30 bits per heavy atom. The lowest BCUT2D eigenvalue weighted by Gasteiger charge is -2.31. The summed E-state index contributed by atoms with van der Waals surface area (Å²) in [5, 5.41) is 2.78. The highest BCUT2D eigenvalue weighted by atomic mass is 16.5. The number of ether oxygens (including phenoxy) is 1. The number of likely N-dealkylation sites (N-methyl/N-ethyl adjacent to an activating group) is 1. The third kappa shape index (κ3) is 3.31. The van der Waals surface area contributed by atoms with Crippen molar-refractivity contribution < 1.29 is 14.3 Å². The lowest BCUT2D eigenvalue weighted by molar-refractivity contribution is -0.132. The third-order valence-corrected chi connectivity index (χ3v) is 3.69. The maximum absolute atomic E-state index is 12.3. The lowest BCUT2D eigenvalue weighted by Crippen LogP contribution is -2.46. The molecule has 1 aliphatic rings. The van der Waals surface area contributed by atoms with Crippen LogP contribution in [-0.2, 0) is 16.1 Å². The van der Waals surface area contributed by atoms with Crippen molar-refractivity contribution in [2.45, 2.75) is 19.1 Å². The van der Waals surface area contributed by atoms with Gasteiger partial charge < -0.3 is 15.0 Å². The van der Waals surface area contributed by atoms with E-state index in [0.717, 1.165) is 5.56 Å². The second-order valence-electron chi connectivity index (χ2n) is 5.31. The lowest BCUT2D eigenvalue weighted by atomic mass is 10.1. The number of hydrogen-bond acceptors (Lipinski definition) is 4. The number of fused-ring (bicyclic) bond motifs is 1. The van der Waals surface area contributed by atoms with Gasteiger partial charge in [-0.2, -0.15) is 0 Å². The molecule has 2 heterocycles. The van der Waals surface area contributed by atoms with Gasteiger partial charge in [0.15, 0.2) is 6.10 Å². The fourth-order valence-corrected chi connectivity index (χ4v) is 2.45. The van der Waals surface area contributed by atoms with Crippen LogP contribution in [0.5, 0.6) is 5.75 Å². The van der Waals surface area contributed by atoms with Gasteiger partial charge in [0.1, 0.15) is 5.75 Å². The van der Waals surface area contributed by atoms with Crippen LogP contribution >= 0.6 is 0 Å². The van der Waals surface area contributed by atoms with E-state index in [0.29, 0.717) is 18.0 Å². The van der Waals surface area contributed by atoms with Gasteiger partial charge in [-0.25, -0.2) is 0 Å². The van der Waals surface area contributed by atoms with Crippen molar-refractivity contribution in [3.63, 3.8) is 0 Å². The molecule has 0 aliphatic carbocycles. The van der Waals surface area contributed by atoms with Crippen molar-refractivity contribution in [1.29, 1.82) is 0 Å². The molecule has 23 heavy (non-hydrogen) atoms. The normalized spacial score (nSPS) is 16.5. The molecule has 1 unspecified atom stereocenters. The number of nitrogens with one attached hydrogen (secondary N) is 1. The molecule has 1 atom stereocenters. The molecule has 6 heteroatoms. The van der Waals surface area contributed by atoms with Crippen molar-refractivity contribution in [3.8, 4) is 5.75 Å². The first-order valence-corrected chi connectivity index (χ1v) is 7.34. The van der Waals surface area contributed by atoms with Crippen LogP contribution in [0.25, 0.3) is 0 Å². The fraction of sp³-hybridized carbons (Fsp3) is 0.235. The average molecular weight is 311 g/mol. The Hall–Kier alpha value is -2.89. The molecule has 0 radical (unpaired) electrons. The van der Waals surface area contributed by atoms with Crippen molar-refractivity contribution in [1.82, 2.24) is 10.3 Å². The molecule has 1 aromatic carbocycles. The molecule has 1 aliphatic heterocycles. The number of pyridine rings is 1. The van der Waals surface area contributed by atoms with E-state index < -0.39 is 6.10 Å². The highest BCUT2D eigenvalue weighted by molar-refractivity contribution is 6.01. The second kappa shape index (κ2) is 6.48. The summed E-state index contributed by atoms with van der Waals surface area (Å²) in [6.07, 6.45) is 2.54. The van der Waals surface area contributed by atoms with Gasteiger partial charge in [-0.3, -0.25) is 14.6 Å². The number of aromatic nitrogens is 1. The molecule has 1 N–H and O–H groups in total. The highest BCUT2D eigenvalue weighted by Gasteiger charge is 2.33. The Morgan fingerprint density at radius 2 is 2.13 bits per heavy atom. The number of para-hydroxylation sites is 2. The summed E-state index contributed by atoms with van der Waals surface area (Å²) in [5.74, 6) is 0.153. The molecular weight excluding hydrogens is 294 g/mol. The van der Waals surface area contributed by atoms with Gasteiger partial charge in [-0.1, -0.05) is 18.2 Å². The summed E-state index contributed by atoms with van der Waals surface area (Å²) in [6.45, 7) is 0.375. The van der Waals surface area contributed by atoms with Crippen LogP contribution in [-0.4, -0.2) is 29.9 Å². The maximum Gasteiger partial charge on any atom is 0.268 e. The Kier molecular flexibility index (Phi) is 4.23. The topological polar surface area (TPSA) is 71.5 Å². The van der Waals surface area contributed by atoms with Crippen LogP contribution in [0.4, 0.5) is 5.69 Å². The van der Waals surface area contributed by atoms with E-state index in [1.807, 2.05) is 24.3 Å². The van der Waals surface area contributed by atoms with Crippen molar-refractivity contribution in [2.75, 3.05) is 11.9 Å². The minimum Gasteiger partial charge on any atom is -0.478 e. The molecule has 0 bridgehead atoms. The van der Waals surface area contributed by atoms with E-state index in [1.54, 1.807) is 31.6 Å². The quantitative estimate of drug-likeness (QED) is 0.929. The van der Waals surface area contributed by atoms with Crippen LogP contribution in [0.2, 0.25) is 0 Å². The van der Waals surface area contributed by atoms with Gasteiger partial charge in [0, 0.05) is 26.0 Å². The molecule has 118 valence electrons. The Morgan fingerprint density at radius 3 is 2.91 bits per heavy atom. The van der Waals surface area contributed by atoms with Crippen molar-refractivity contribution >= 4 is 17.5 Å². The van der Waals surface area contributed by atoms with E-state index in [2.05, 4.69) is 10.3 Å². The van der Waals surface area contributed by atoms with Crippen LogP contribution in [0, 0.1) is 0 Å². The molecule has 0 fully saturated rings. The van der Waals surface area contributed by atoms with E-state index >= 15 is 0 Å². The number of rotatable bonds is 4. The third-order valence-electron chi connectivity index (χ3n) is 3.69. The molecule has 2 amide bonds. The van der Waals surface area contributed by atoms with E-state index in [-0.39, 0.29) is 18.2 Å². The first kappa shape index (κ1) is 15.0. The zero-order chi connectivity index (χ0) is 16.2. The minimum absolute atomic E-state index is 0.0161. The van der Waals surface area contributed by atoms with Gasteiger partial charge in [0.25, 0.3) is 5.91 Å². The highest BCUT2D eigenvalue weighted by Crippen LogP contribution is 2.33. The number of carbonyl (C=O) groups is 2. The van der Waals surface area contributed by atoms with Crippen LogP contribution in [0.3, 0.4) is 0 Å². The van der Waals surface area contributed by atoms with E-state index in [9.17, 15) is 9.59 Å². The van der Waals surface area contributed by atoms with Gasteiger partial charge in [-0.15, -0.1) is 0 Å². The number of benzene rings is 1. The summed E-state index contributed by atoms with van der Waals surface area (Å²) in [5.41, 5.74) is 1.61. The smallest absolute Gasteiger partial charge is 0.268 e. The molecule has 1 aromatic heterocycles. The predicted molar refractivity (Wildman–Crippen MR) is 85.0 cm³/mol. The first-order chi connectivity index (χ1) is 11.1. The number of carbonyl (C=O) groups excluding carboxylic acids is 2. The SMILES string of the molecule is CN1C(=O)C(CC(=O)NCc2cccnc2)Oc2ccccc21. The Bertz CT molecular complexity index is 718. The summed E-state index contributed by atoms with van der Waals surface area (Å²) in [4.78, 5) is 29.9. The Labute approximate surface area is 134 Å². The molecule has 0 saturated heterocycles. The first-order valence-electron chi connectivity index (χ1n) is 7.34. The summed E-state index contributed by atoms with van der Waals surface area (Å²) >= 11 is 0. The number of anilines is 1. The fourth-order valence-electron chi connectivity index (χ4n) is 2.45. The molecular formula is C17H17N3O3. The van der Waals surface area contributed by atoms with Crippen molar-refractivity contribution in [2.24, 2.45) is 0 Å². The summed E-state index contributed by atoms with van der Waals surface area (Å²) in [6, 6.07) is 11.0. The van der Waals surface area contributed by atoms with E-state index in [1.165, 1.54) is 4.90 Å². The average Bonchev–Trinajstić information content (AvgIpc) is 2.58. The molecule has 2 aromatic rings. The zero-order valence-corrected chi connectivity index (χ0v) is 12.7. The monoisotopic (exact) mass is 311 g/mol. The van der Waals surface area contributed by atoms with Crippen LogP contribution < -0.4 is 15.0 Å². The largest absolute Gasteiger partial charge is 0.478 e. The zero-order valence-electron chi connectivity index (χ0n) is 12.7. The summed E-state index contributed by atoms with van der Waals surface area (Å²) < 4.78 is 5.67. The van der Waals surface area contributed by atoms with Gasteiger partial charge >= 0.3 is 0 Å². The Balaban J connectivity index is 1.62. The second-order valence-corrected chi connectivity index (χ2v) is 5.31. The number of nitrogens with zero attached hydrogens (tertiary/aromatic N) is 2. The molecule has 0 spiro atoms. The molecule has 6 nitrogen and oxygen atoms in total. The maximum atomic E-state index is 12.3. The van der Waals surface area contributed by atoms with Crippen LogP contribution in [0.15, 0.2) is 48.8 Å². The van der Waals surface area contributed by atoms with Crippen LogP contribution in [0.1, 0.15) is 12.0 Å². The van der Waals surface area contributed by atoms with Gasteiger partial charge in [0.05, 0.1) is 12.1 Å². The van der Waals surface area contributed by atoms with Gasteiger partial charge in [-0.05, 0) is 23.8 Å². The number of hydrogen-bond donors (Lipinski definition) is 1. The minimum atomic E-state index is -0.802. The number of amides is 2. The predicted octanol–water partition coefficient (Wildman–Crippen LogP) is 1.51. The summed E-state index contributed by atoms with van der Waals surface area (Å²) in [7, 11) is 1.68. The van der Waals surface area contributed by atoms with Gasteiger partial charge in [0.2, 0.25) is 5.91 Å². The standard InChI is InChI=1S/C17H17N3O3/c1-20-13-6-2-3-7-14(13)23-15(17(20)22)9-16(21)19-11-12-5-4-8-18-10-12/h2-8,10,15H,9,11H2,1H3,(H,19,21). The van der Waals surface area contributed by atoms with E-state index in [4.69, 9.17) is 4.74 Å². The molecule has 0 saturated carbocycles.